The normalized spacial score (nSPS) is 15.0. The Hall–Kier alpha value is -3.63. The van der Waals surface area contributed by atoms with Gasteiger partial charge in [0.2, 0.25) is 5.88 Å². The Morgan fingerprint density at radius 3 is 2.67 bits per heavy atom. The van der Waals surface area contributed by atoms with Crippen LogP contribution in [0.4, 0.5) is 4.39 Å². The summed E-state index contributed by atoms with van der Waals surface area (Å²) in [5.74, 6) is -1.05. The average Bonchev–Trinajstić information content (AvgIpc) is 2.73. The molecule has 1 aliphatic heterocycles. The molecule has 5 nitrogen and oxygen atoms in total. The number of nitrogens with zero attached hydrogens (tertiary/aromatic N) is 1. The molecule has 7 heteroatoms. The van der Waals surface area contributed by atoms with Crippen molar-refractivity contribution >= 4 is 21.9 Å². The van der Waals surface area contributed by atoms with Gasteiger partial charge in [-0.3, -0.25) is 0 Å². The molecule has 30 heavy (non-hydrogen) atoms. The van der Waals surface area contributed by atoms with Crippen LogP contribution in [0.2, 0.25) is 0 Å². The van der Waals surface area contributed by atoms with Gasteiger partial charge in [0.1, 0.15) is 29.0 Å². The van der Waals surface area contributed by atoms with Gasteiger partial charge in [-0.1, -0.05) is 30.3 Å². The summed E-state index contributed by atoms with van der Waals surface area (Å²) in [4.78, 5) is 12.5. The lowest BCUT2D eigenvalue weighted by molar-refractivity contribution is 0.0733. The molecule has 0 bridgehead atoms. The average molecular weight is 465 g/mol. The van der Waals surface area contributed by atoms with Crippen molar-refractivity contribution in [2.45, 2.75) is 5.92 Å². The quantitative estimate of drug-likeness (QED) is 0.434. The smallest absolute Gasteiger partial charge is 0.344 e. The molecule has 148 valence electrons. The number of fused-ring (bicyclic) bond motifs is 1. The van der Waals surface area contributed by atoms with Crippen LogP contribution >= 0.6 is 15.9 Å². The highest BCUT2D eigenvalue weighted by Crippen LogP contribution is 2.43. The van der Waals surface area contributed by atoms with E-state index in [1.165, 1.54) is 18.2 Å². The number of hydrogen-bond donors (Lipinski definition) is 1. The van der Waals surface area contributed by atoms with Crippen LogP contribution in [0.25, 0.3) is 0 Å². The number of halogens is 2. The lowest BCUT2D eigenvalue weighted by Gasteiger charge is -2.26. The largest absolute Gasteiger partial charge is 0.440 e. The molecule has 0 amide bonds. The van der Waals surface area contributed by atoms with Gasteiger partial charge in [-0.25, -0.2) is 9.18 Å². The lowest BCUT2D eigenvalue weighted by Crippen LogP contribution is -2.21. The maximum atomic E-state index is 13.8. The molecule has 0 spiro atoms. The van der Waals surface area contributed by atoms with Crippen molar-refractivity contribution in [3.8, 4) is 17.6 Å². The Labute approximate surface area is 180 Å². The second-order valence-corrected chi connectivity index (χ2v) is 7.40. The molecule has 0 saturated carbocycles. The van der Waals surface area contributed by atoms with E-state index in [1.54, 1.807) is 48.5 Å². The summed E-state index contributed by atoms with van der Waals surface area (Å²) in [5, 5.41) is 9.58. The summed E-state index contributed by atoms with van der Waals surface area (Å²) >= 11 is 3.32. The number of ether oxygens (including phenoxy) is 2. The summed E-state index contributed by atoms with van der Waals surface area (Å²) in [5.41, 5.74) is 7.71. The molecule has 3 aromatic carbocycles. The second-order valence-electron chi connectivity index (χ2n) is 6.55. The van der Waals surface area contributed by atoms with Crippen LogP contribution in [0.3, 0.4) is 0 Å². The number of nitrogens with two attached hydrogens (primary N) is 1. The summed E-state index contributed by atoms with van der Waals surface area (Å²) in [6, 6.07) is 19.7. The van der Waals surface area contributed by atoms with Gasteiger partial charge in [0.25, 0.3) is 0 Å². The molecule has 0 fully saturated rings. The van der Waals surface area contributed by atoms with E-state index < -0.39 is 17.7 Å². The highest BCUT2D eigenvalue weighted by atomic mass is 79.9. The number of esters is 1. The minimum atomic E-state index is -0.595. The van der Waals surface area contributed by atoms with Crippen LogP contribution in [0.1, 0.15) is 27.4 Å². The van der Waals surface area contributed by atoms with E-state index in [0.717, 1.165) is 0 Å². The molecule has 1 aliphatic rings. The maximum absolute atomic E-state index is 13.8. The number of carbonyl (C=O) groups is 1. The molecule has 0 aliphatic carbocycles. The van der Waals surface area contributed by atoms with Gasteiger partial charge >= 0.3 is 5.97 Å². The molecule has 0 aromatic heterocycles. The standard InChI is InChI=1S/C23H14BrFN2O3/c24-19-7-2-1-6-16(19)23(28)29-15-8-9-17-20(11-15)30-22(27)18(12-26)21(17)13-4-3-5-14(25)10-13/h1-11,21H,27H2. The molecule has 1 atom stereocenters. The second kappa shape index (κ2) is 8.01. The highest BCUT2D eigenvalue weighted by molar-refractivity contribution is 9.10. The fourth-order valence-corrected chi connectivity index (χ4v) is 3.76. The van der Waals surface area contributed by atoms with E-state index in [2.05, 4.69) is 22.0 Å². The summed E-state index contributed by atoms with van der Waals surface area (Å²) in [6.07, 6.45) is 0. The van der Waals surface area contributed by atoms with Crippen LogP contribution in [-0.4, -0.2) is 5.97 Å². The van der Waals surface area contributed by atoms with Gasteiger partial charge in [0.05, 0.1) is 11.5 Å². The third-order valence-corrected chi connectivity index (χ3v) is 5.37. The number of nitriles is 1. The number of rotatable bonds is 3. The third kappa shape index (κ3) is 3.65. The van der Waals surface area contributed by atoms with Crippen molar-refractivity contribution in [3.05, 3.63) is 105 Å². The van der Waals surface area contributed by atoms with E-state index in [0.29, 0.717) is 26.9 Å². The molecule has 0 saturated heterocycles. The van der Waals surface area contributed by atoms with Gasteiger partial charge in [-0.15, -0.1) is 0 Å². The molecule has 0 radical (unpaired) electrons. The first-order valence-corrected chi connectivity index (χ1v) is 9.71. The van der Waals surface area contributed by atoms with Gasteiger partial charge in [0, 0.05) is 16.1 Å². The SMILES string of the molecule is N#CC1=C(N)Oc2cc(OC(=O)c3ccccc3Br)ccc2C1c1cccc(F)c1. The first kappa shape index (κ1) is 19.7. The molecule has 3 aromatic rings. The molecule has 1 heterocycles. The Kier molecular flexibility index (Phi) is 5.25. The number of allylic oxidation sites excluding steroid dienone is 1. The van der Waals surface area contributed by atoms with Crippen molar-refractivity contribution in [3.63, 3.8) is 0 Å². The van der Waals surface area contributed by atoms with Gasteiger partial charge < -0.3 is 15.2 Å². The van der Waals surface area contributed by atoms with E-state index in [4.69, 9.17) is 15.2 Å². The minimum absolute atomic E-state index is 0.0754. The van der Waals surface area contributed by atoms with Gasteiger partial charge in [-0.05, 0) is 51.8 Å². The predicted octanol–water partition coefficient (Wildman–Crippen LogP) is 5.03. The van der Waals surface area contributed by atoms with Crippen LogP contribution < -0.4 is 15.2 Å². The zero-order valence-electron chi connectivity index (χ0n) is 15.4. The zero-order valence-corrected chi connectivity index (χ0v) is 17.0. The Morgan fingerprint density at radius 1 is 1.13 bits per heavy atom. The summed E-state index contributed by atoms with van der Waals surface area (Å²) < 4.78 is 25.5. The molecule has 1 unspecified atom stereocenters. The fraction of sp³-hybridized carbons (Fsp3) is 0.0435. The first-order chi connectivity index (χ1) is 14.5. The van der Waals surface area contributed by atoms with Gasteiger partial charge in [-0.2, -0.15) is 5.26 Å². The Balaban J connectivity index is 1.71. The maximum Gasteiger partial charge on any atom is 0.344 e. The molecular weight excluding hydrogens is 451 g/mol. The number of carbonyl (C=O) groups excluding carboxylic acids is 1. The van der Waals surface area contributed by atoms with E-state index in [9.17, 15) is 14.4 Å². The zero-order chi connectivity index (χ0) is 21.3. The van der Waals surface area contributed by atoms with Crippen LogP contribution in [0, 0.1) is 17.1 Å². The summed E-state index contributed by atoms with van der Waals surface area (Å²) in [7, 11) is 0. The molecular formula is C23H14BrFN2O3. The highest BCUT2D eigenvalue weighted by Gasteiger charge is 2.31. The van der Waals surface area contributed by atoms with E-state index in [-0.39, 0.29) is 17.2 Å². The van der Waals surface area contributed by atoms with Crippen LogP contribution in [0.15, 0.2) is 82.7 Å². The third-order valence-electron chi connectivity index (χ3n) is 4.68. The fourth-order valence-electron chi connectivity index (χ4n) is 3.32. The number of hydrogen-bond acceptors (Lipinski definition) is 5. The molecule has 4 rings (SSSR count). The van der Waals surface area contributed by atoms with Crippen molar-refractivity contribution in [2.75, 3.05) is 0 Å². The van der Waals surface area contributed by atoms with Gasteiger partial charge in [0.15, 0.2) is 0 Å². The number of benzene rings is 3. The molecule has 2 N–H and O–H groups in total. The van der Waals surface area contributed by atoms with Crippen molar-refractivity contribution in [1.29, 1.82) is 5.26 Å². The Bertz CT molecular complexity index is 1230. The van der Waals surface area contributed by atoms with Crippen LogP contribution in [0.5, 0.6) is 11.5 Å². The first-order valence-electron chi connectivity index (χ1n) is 8.91. The monoisotopic (exact) mass is 464 g/mol. The lowest BCUT2D eigenvalue weighted by atomic mass is 9.83. The van der Waals surface area contributed by atoms with E-state index >= 15 is 0 Å². The van der Waals surface area contributed by atoms with Crippen molar-refractivity contribution in [2.24, 2.45) is 5.73 Å². The van der Waals surface area contributed by atoms with Crippen molar-refractivity contribution < 1.29 is 18.7 Å². The van der Waals surface area contributed by atoms with Crippen molar-refractivity contribution in [1.82, 2.24) is 0 Å². The topological polar surface area (TPSA) is 85.3 Å². The minimum Gasteiger partial charge on any atom is -0.440 e. The van der Waals surface area contributed by atoms with E-state index in [1.807, 2.05) is 0 Å². The Morgan fingerprint density at radius 2 is 1.93 bits per heavy atom. The summed E-state index contributed by atoms with van der Waals surface area (Å²) in [6.45, 7) is 0. The van der Waals surface area contributed by atoms with Crippen LogP contribution in [-0.2, 0) is 0 Å². The predicted molar refractivity (Wildman–Crippen MR) is 111 cm³/mol.